The summed E-state index contributed by atoms with van der Waals surface area (Å²) < 4.78 is 33.0. The van der Waals surface area contributed by atoms with E-state index in [2.05, 4.69) is 11.8 Å². The summed E-state index contributed by atoms with van der Waals surface area (Å²) in [4.78, 5) is 17.5. The number of ether oxygens (including phenoxy) is 1. The third kappa shape index (κ3) is 5.15. The molecular weight excluding hydrogens is 497 g/mol. The number of anilines is 1. The van der Waals surface area contributed by atoms with Crippen molar-refractivity contribution in [3.05, 3.63) is 52.0 Å². The number of rotatable bonds is 5. The summed E-state index contributed by atoms with van der Waals surface area (Å²) in [7, 11) is -2.28. The number of hydrogen-bond donors (Lipinski definition) is 0. The maximum atomic E-state index is 13.3. The van der Waals surface area contributed by atoms with Gasteiger partial charge in [0.15, 0.2) is 0 Å². The van der Waals surface area contributed by atoms with Gasteiger partial charge in [0.1, 0.15) is 5.75 Å². The highest BCUT2D eigenvalue weighted by atomic mass is 35.5. The topological polar surface area (TPSA) is 70.2 Å². The van der Waals surface area contributed by atoms with Crippen molar-refractivity contribution in [2.24, 2.45) is 5.92 Å². The number of aryl methyl sites for hydroxylation is 1. The molecule has 0 unspecified atom stereocenters. The molecule has 2 fully saturated rings. The van der Waals surface area contributed by atoms with Crippen molar-refractivity contribution < 1.29 is 17.9 Å². The second-order valence-corrected chi connectivity index (χ2v) is 11.5. The summed E-state index contributed by atoms with van der Waals surface area (Å²) in [6.07, 6.45) is 1.32. The van der Waals surface area contributed by atoms with Crippen LogP contribution < -0.4 is 9.64 Å². The van der Waals surface area contributed by atoms with Crippen LogP contribution in [0.2, 0.25) is 10.0 Å². The molecule has 0 bridgehead atoms. The van der Waals surface area contributed by atoms with Crippen molar-refractivity contribution in [2.45, 2.75) is 24.7 Å². The van der Waals surface area contributed by atoms with E-state index in [0.717, 1.165) is 11.3 Å². The molecule has 0 radical (unpaired) electrons. The number of nitrogens with zero attached hydrogens (tertiary/aromatic N) is 3. The molecule has 7 nitrogen and oxygen atoms in total. The average molecular weight is 526 g/mol. The fraction of sp³-hybridized carbons (Fsp3) is 0.458. The molecule has 10 heteroatoms. The minimum atomic E-state index is -3.76. The number of piperazine rings is 1. The molecule has 0 aliphatic carbocycles. The van der Waals surface area contributed by atoms with Gasteiger partial charge in [0.2, 0.25) is 15.9 Å². The van der Waals surface area contributed by atoms with Crippen molar-refractivity contribution in [2.75, 3.05) is 51.3 Å². The molecule has 1 atom stereocenters. The Labute approximate surface area is 211 Å². The monoisotopic (exact) mass is 525 g/mol. The Hall–Kier alpha value is -2.00. The van der Waals surface area contributed by atoms with Crippen LogP contribution >= 0.6 is 23.2 Å². The van der Waals surface area contributed by atoms with Crippen LogP contribution in [0.4, 0.5) is 5.69 Å². The number of hydrogen-bond acceptors (Lipinski definition) is 5. The summed E-state index contributed by atoms with van der Waals surface area (Å²) >= 11 is 12.3. The third-order valence-electron chi connectivity index (χ3n) is 6.60. The highest BCUT2D eigenvalue weighted by Gasteiger charge is 2.36. The largest absolute Gasteiger partial charge is 0.495 e. The summed E-state index contributed by atoms with van der Waals surface area (Å²) in [5.74, 6) is 0.0891. The van der Waals surface area contributed by atoms with Gasteiger partial charge >= 0.3 is 0 Å². The first-order valence-corrected chi connectivity index (χ1v) is 13.5. The first-order valence-electron chi connectivity index (χ1n) is 11.3. The number of amides is 1. The Bertz CT molecular complexity index is 1170. The lowest BCUT2D eigenvalue weighted by atomic mass is 9.97. The van der Waals surface area contributed by atoms with E-state index in [1.54, 1.807) is 6.07 Å². The van der Waals surface area contributed by atoms with Gasteiger partial charge in [-0.25, -0.2) is 8.42 Å². The number of methoxy groups -OCH3 is 1. The zero-order valence-electron chi connectivity index (χ0n) is 19.3. The van der Waals surface area contributed by atoms with Crippen molar-refractivity contribution in [3.63, 3.8) is 0 Å². The zero-order chi connectivity index (χ0) is 24.5. The van der Waals surface area contributed by atoms with Gasteiger partial charge in [0.05, 0.1) is 22.9 Å². The number of carbonyl (C=O) groups excluding carboxylic acids is 1. The van der Waals surface area contributed by atoms with Crippen LogP contribution in [0.5, 0.6) is 5.75 Å². The van der Waals surface area contributed by atoms with E-state index >= 15 is 0 Å². The molecule has 4 rings (SSSR count). The van der Waals surface area contributed by atoms with E-state index in [-0.39, 0.29) is 28.3 Å². The molecule has 2 aromatic rings. The Morgan fingerprint density at radius 3 is 2.44 bits per heavy atom. The highest BCUT2D eigenvalue weighted by molar-refractivity contribution is 7.89. The highest BCUT2D eigenvalue weighted by Crippen LogP contribution is 2.31. The van der Waals surface area contributed by atoms with Gasteiger partial charge in [0.25, 0.3) is 0 Å². The van der Waals surface area contributed by atoms with Gasteiger partial charge in [0, 0.05) is 50.0 Å². The lowest BCUT2D eigenvalue weighted by Crippen LogP contribution is -2.53. The van der Waals surface area contributed by atoms with Crippen molar-refractivity contribution in [1.29, 1.82) is 0 Å². The maximum absolute atomic E-state index is 13.3. The summed E-state index contributed by atoms with van der Waals surface area (Å²) in [5, 5.41) is 0.932. The molecule has 184 valence electrons. The van der Waals surface area contributed by atoms with Crippen LogP contribution in [0.15, 0.2) is 41.3 Å². The van der Waals surface area contributed by atoms with Crippen molar-refractivity contribution >= 4 is 44.8 Å². The minimum absolute atomic E-state index is 0.0233. The molecule has 2 heterocycles. The molecule has 2 aliphatic rings. The molecule has 1 amide bonds. The summed E-state index contributed by atoms with van der Waals surface area (Å²) in [6, 6.07) is 10.3. The van der Waals surface area contributed by atoms with Crippen LogP contribution in [-0.2, 0) is 14.8 Å². The zero-order valence-corrected chi connectivity index (χ0v) is 21.7. The minimum Gasteiger partial charge on any atom is -0.495 e. The van der Waals surface area contributed by atoms with E-state index in [4.69, 9.17) is 27.9 Å². The van der Waals surface area contributed by atoms with E-state index in [1.165, 1.54) is 23.5 Å². The first-order chi connectivity index (χ1) is 16.2. The number of piperidine rings is 1. The second-order valence-electron chi connectivity index (χ2n) is 8.74. The average Bonchev–Trinajstić information content (AvgIpc) is 2.85. The molecular formula is C24H29Cl2N3O4S. The van der Waals surface area contributed by atoms with Gasteiger partial charge in [-0.1, -0.05) is 29.3 Å². The van der Waals surface area contributed by atoms with Crippen molar-refractivity contribution in [3.8, 4) is 5.75 Å². The third-order valence-corrected chi connectivity index (χ3v) is 8.99. The molecule has 0 N–H and O–H groups in total. The summed E-state index contributed by atoms with van der Waals surface area (Å²) in [6.45, 7) is 5.24. The van der Waals surface area contributed by atoms with Crippen LogP contribution in [0.1, 0.15) is 18.4 Å². The smallest absolute Gasteiger partial charge is 0.243 e. The van der Waals surface area contributed by atoms with E-state index in [1.807, 2.05) is 23.1 Å². The standard InChI is InChI=1S/C24H29Cl2N3O4S/c1-17-5-6-19(25)14-22(17)27-10-12-28(13-11-27)24(30)18-4-3-9-29(16-18)34(31,32)20-7-8-23(33-2)21(26)15-20/h5-8,14-15,18H,3-4,9-13,16H2,1-2H3/t18-/m1/s1. The molecule has 0 saturated carbocycles. The number of halogens is 2. The number of benzene rings is 2. The lowest BCUT2D eigenvalue weighted by Gasteiger charge is -2.40. The molecule has 2 aromatic carbocycles. The maximum Gasteiger partial charge on any atom is 0.243 e. The van der Waals surface area contributed by atoms with Crippen LogP contribution in [0.3, 0.4) is 0 Å². The van der Waals surface area contributed by atoms with Gasteiger partial charge in [-0.05, 0) is 55.7 Å². The summed E-state index contributed by atoms with van der Waals surface area (Å²) in [5.41, 5.74) is 2.24. The van der Waals surface area contributed by atoms with Gasteiger partial charge in [-0.15, -0.1) is 0 Å². The fourth-order valence-corrected chi connectivity index (χ4v) is 6.71. The Morgan fingerprint density at radius 2 is 1.76 bits per heavy atom. The predicted molar refractivity (Wildman–Crippen MR) is 134 cm³/mol. The number of sulfonamides is 1. The van der Waals surface area contributed by atoms with Crippen LogP contribution in [0, 0.1) is 12.8 Å². The lowest BCUT2D eigenvalue weighted by molar-refractivity contribution is -0.137. The first kappa shape index (κ1) is 25.1. The van der Waals surface area contributed by atoms with E-state index in [0.29, 0.717) is 56.3 Å². The Kier molecular flexibility index (Phi) is 7.62. The van der Waals surface area contributed by atoms with Gasteiger partial charge < -0.3 is 14.5 Å². The molecule has 34 heavy (non-hydrogen) atoms. The number of carbonyl (C=O) groups is 1. The van der Waals surface area contributed by atoms with Gasteiger partial charge in [-0.2, -0.15) is 4.31 Å². The predicted octanol–water partition coefficient (Wildman–Crippen LogP) is 4.06. The van der Waals surface area contributed by atoms with Crippen molar-refractivity contribution in [1.82, 2.24) is 9.21 Å². The SMILES string of the molecule is COc1ccc(S(=O)(=O)N2CCC[C@@H](C(=O)N3CCN(c4cc(Cl)ccc4C)CC3)C2)cc1Cl. The molecule has 0 spiro atoms. The fourth-order valence-electron chi connectivity index (χ4n) is 4.67. The second kappa shape index (κ2) is 10.3. The normalized spacial score (nSPS) is 19.8. The molecule has 2 aliphatic heterocycles. The van der Waals surface area contributed by atoms with E-state index < -0.39 is 10.0 Å². The molecule has 2 saturated heterocycles. The quantitative estimate of drug-likeness (QED) is 0.588. The molecule has 0 aromatic heterocycles. The van der Waals surface area contributed by atoms with E-state index in [9.17, 15) is 13.2 Å². The van der Waals surface area contributed by atoms with Crippen LogP contribution in [0.25, 0.3) is 0 Å². The Balaban J connectivity index is 1.41. The Morgan fingerprint density at radius 1 is 1.03 bits per heavy atom. The van der Waals surface area contributed by atoms with Gasteiger partial charge in [-0.3, -0.25) is 4.79 Å². The van der Waals surface area contributed by atoms with Crippen LogP contribution in [-0.4, -0.2) is 69.9 Å².